The first-order valence-electron chi connectivity index (χ1n) is 6.41. The van der Waals surface area contributed by atoms with Gasteiger partial charge in [0.15, 0.2) is 0 Å². The maximum absolute atomic E-state index is 10.7. The van der Waals surface area contributed by atoms with E-state index in [0.29, 0.717) is 17.4 Å². The fraction of sp³-hybridized carbons (Fsp3) is 0.214. The number of pyridine rings is 1. The predicted octanol–water partition coefficient (Wildman–Crippen LogP) is 3.30. The van der Waals surface area contributed by atoms with Gasteiger partial charge in [0, 0.05) is 24.2 Å². The second kappa shape index (κ2) is 7.40. The summed E-state index contributed by atoms with van der Waals surface area (Å²) < 4.78 is 0. The molecule has 1 N–H and O–H groups in total. The molecule has 2 rings (SSSR count). The molecule has 116 valence electrons. The smallest absolute Gasteiger partial charge is 0.289 e. The summed E-state index contributed by atoms with van der Waals surface area (Å²) in [4.78, 5) is 15.9. The summed E-state index contributed by atoms with van der Waals surface area (Å²) >= 11 is 12.0. The van der Waals surface area contributed by atoms with E-state index in [4.69, 9.17) is 23.2 Å². The zero-order valence-electron chi connectivity index (χ0n) is 11.4. The molecule has 0 aliphatic rings. The number of anilines is 1. The van der Waals surface area contributed by atoms with Crippen molar-refractivity contribution in [2.45, 2.75) is 6.54 Å². The van der Waals surface area contributed by atoms with E-state index in [2.05, 4.69) is 4.98 Å². The van der Waals surface area contributed by atoms with E-state index >= 15 is 0 Å². The number of aliphatic hydroxyl groups excluding tert-OH is 1. The molecule has 1 heterocycles. The van der Waals surface area contributed by atoms with Gasteiger partial charge in [-0.1, -0.05) is 35.3 Å². The number of aromatic nitrogens is 1. The van der Waals surface area contributed by atoms with Gasteiger partial charge in [-0.25, -0.2) is 4.98 Å². The summed E-state index contributed by atoms with van der Waals surface area (Å²) in [6.45, 7) is 0.609. The normalized spacial score (nSPS) is 10.5. The molecule has 1 aromatic heterocycles. The highest BCUT2D eigenvalue weighted by atomic mass is 35.5. The molecule has 0 amide bonds. The van der Waals surface area contributed by atoms with E-state index in [1.54, 1.807) is 17.0 Å². The van der Waals surface area contributed by atoms with Gasteiger partial charge >= 0.3 is 0 Å². The lowest BCUT2D eigenvalue weighted by Gasteiger charge is -2.23. The standard InChI is InChI=1S/C14H13Cl2N3O3/c15-11-3-1-2-10(6-11)9-18(4-5-20)14-13(16)7-12(8-17-14)19(21)22/h1-3,6-8,20H,4-5,9H2. The molecule has 0 saturated heterocycles. The Labute approximate surface area is 137 Å². The SMILES string of the molecule is O=[N+]([O-])c1cnc(N(CCO)Cc2cccc(Cl)c2)c(Cl)c1. The Bertz CT molecular complexity index is 682. The maximum atomic E-state index is 10.7. The van der Waals surface area contributed by atoms with Gasteiger partial charge in [0.2, 0.25) is 0 Å². The molecular weight excluding hydrogens is 329 g/mol. The average molecular weight is 342 g/mol. The molecule has 22 heavy (non-hydrogen) atoms. The Kier molecular flexibility index (Phi) is 5.54. The van der Waals surface area contributed by atoms with Crippen molar-refractivity contribution in [2.75, 3.05) is 18.1 Å². The molecule has 0 spiro atoms. The van der Waals surface area contributed by atoms with E-state index in [9.17, 15) is 15.2 Å². The number of aliphatic hydroxyl groups is 1. The van der Waals surface area contributed by atoms with Crippen LogP contribution in [0.15, 0.2) is 36.5 Å². The molecule has 2 aromatic rings. The monoisotopic (exact) mass is 341 g/mol. The van der Waals surface area contributed by atoms with Crippen LogP contribution in [0, 0.1) is 10.1 Å². The molecule has 6 nitrogen and oxygen atoms in total. The van der Waals surface area contributed by atoms with Crippen LogP contribution in [-0.4, -0.2) is 28.2 Å². The highest BCUT2D eigenvalue weighted by Crippen LogP contribution is 2.28. The Balaban J connectivity index is 2.29. The highest BCUT2D eigenvalue weighted by Gasteiger charge is 2.16. The van der Waals surface area contributed by atoms with Crippen molar-refractivity contribution in [1.82, 2.24) is 4.98 Å². The minimum absolute atomic E-state index is 0.102. The van der Waals surface area contributed by atoms with Crippen LogP contribution in [0.25, 0.3) is 0 Å². The Morgan fingerprint density at radius 1 is 1.32 bits per heavy atom. The summed E-state index contributed by atoms with van der Waals surface area (Å²) in [5, 5.41) is 20.7. The first kappa shape index (κ1) is 16.5. The van der Waals surface area contributed by atoms with Crippen LogP contribution in [-0.2, 0) is 6.54 Å². The lowest BCUT2D eigenvalue weighted by molar-refractivity contribution is -0.385. The van der Waals surface area contributed by atoms with E-state index in [0.717, 1.165) is 11.8 Å². The van der Waals surface area contributed by atoms with Crippen molar-refractivity contribution >= 4 is 34.7 Å². The maximum Gasteiger partial charge on any atom is 0.289 e. The topological polar surface area (TPSA) is 79.5 Å². The second-order valence-electron chi connectivity index (χ2n) is 4.53. The van der Waals surface area contributed by atoms with Gasteiger partial charge in [-0.3, -0.25) is 10.1 Å². The van der Waals surface area contributed by atoms with Crippen molar-refractivity contribution in [3.05, 3.63) is 62.3 Å². The number of rotatable bonds is 6. The highest BCUT2D eigenvalue weighted by molar-refractivity contribution is 6.33. The Morgan fingerprint density at radius 2 is 2.09 bits per heavy atom. The molecule has 0 aliphatic carbocycles. The largest absolute Gasteiger partial charge is 0.395 e. The Morgan fingerprint density at radius 3 is 2.68 bits per heavy atom. The van der Waals surface area contributed by atoms with E-state index in [-0.39, 0.29) is 23.9 Å². The van der Waals surface area contributed by atoms with Gasteiger partial charge in [-0.2, -0.15) is 0 Å². The number of hydrogen-bond donors (Lipinski definition) is 1. The summed E-state index contributed by atoms with van der Waals surface area (Å²) in [6, 6.07) is 8.51. The third-order valence-electron chi connectivity index (χ3n) is 2.95. The number of benzene rings is 1. The third-order valence-corrected chi connectivity index (χ3v) is 3.46. The van der Waals surface area contributed by atoms with Crippen LogP contribution in [0.5, 0.6) is 0 Å². The molecule has 8 heteroatoms. The molecule has 0 radical (unpaired) electrons. The fourth-order valence-corrected chi connectivity index (χ4v) is 2.48. The van der Waals surface area contributed by atoms with Crippen LogP contribution in [0.4, 0.5) is 11.5 Å². The summed E-state index contributed by atoms with van der Waals surface area (Å²) in [5.74, 6) is 0.376. The first-order valence-corrected chi connectivity index (χ1v) is 7.17. The predicted molar refractivity (Wildman–Crippen MR) is 85.5 cm³/mol. The molecule has 0 fully saturated rings. The average Bonchev–Trinajstić information content (AvgIpc) is 2.46. The molecule has 0 atom stereocenters. The van der Waals surface area contributed by atoms with Crippen molar-refractivity contribution in [3.8, 4) is 0 Å². The zero-order valence-corrected chi connectivity index (χ0v) is 13.0. The van der Waals surface area contributed by atoms with Gasteiger partial charge in [-0.15, -0.1) is 0 Å². The van der Waals surface area contributed by atoms with E-state index < -0.39 is 4.92 Å². The van der Waals surface area contributed by atoms with Crippen molar-refractivity contribution in [1.29, 1.82) is 0 Å². The van der Waals surface area contributed by atoms with Crippen molar-refractivity contribution in [3.63, 3.8) is 0 Å². The second-order valence-corrected chi connectivity index (χ2v) is 5.37. The summed E-state index contributed by atoms with van der Waals surface area (Å²) in [5.41, 5.74) is 0.734. The quantitative estimate of drug-likeness (QED) is 0.644. The van der Waals surface area contributed by atoms with Crippen LogP contribution in [0.1, 0.15) is 5.56 Å². The lowest BCUT2D eigenvalue weighted by atomic mass is 10.2. The van der Waals surface area contributed by atoms with Gasteiger partial charge < -0.3 is 10.0 Å². The Hall–Kier alpha value is -1.89. The number of halogens is 2. The van der Waals surface area contributed by atoms with Gasteiger partial charge in [0.25, 0.3) is 5.69 Å². The molecule has 0 saturated carbocycles. The number of hydrogen-bond acceptors (Lipinski definition) is 5. The first-order chi connectivity index (χ1) is 10.5. The molecule has 1 aromatic carbocycles. The van der Waals surface area contributed by atoms with Crippen LogP contribution < -0.4 is 4.90 Å². The van der Waals surface area contributed by atoms with Crippen LogP contribution in [0.3, 0.4) is 0 Å². The number of nitro groups is 1. The summed E-state index contributed by atoms with van der Waals surface area (Å²) in [6.07, 6.45) is 1.14. The minimum Gasteiger partial charge on any atom is -0.395 e. The molecule has 0 unspecified atom stereocenters. The lowest BCUT2D eigenvalue weighted by Crippen LogP contribution is -2.27. The molecular formula is C14H13Cl2N3O3. The van der Waals surface area contributed by atoms with Crippen LogP contribution >= 0.6 is 23.2 Å². The van der Waals surface area contributed by atoms with Gasteiger partial charge in [-0.05, 0) is 17.7 Å². The molecule has 0 aliphatic heterocycles. The van der Waals surface area contributed by atoms with Gasteiger partial charge in [0.1, 0.15) is 12.0 Å². The zero-order chi connectivity index (χ0) is 16.1. The van der Waals surface area contributed by atoms with Gasteiger partial charge in [0.05, 0.1) is 16.6 Å². The third kappa shape index (κ3) is 4.07. The van der Waals surface area contributed by atoms with Crippen molar-refractivity contribution < 1.29 is 10.0 Å². The van der Waals surface area contributed by atoms with E-state index in [1.807, 2.05) is 12.1 Å². The van der Waals surface area contributed by atoms with Crippen molar-refractivity contribution in [2.24, 2.45) is 0 Å². The van der Waals surface area contributed by atoms with Crippen LogP contribution in [0.2, 0.25) is 10.0 Å². The fourth-order valence-electron chi connectivity index (χ4n) is 1.99. The molecule has 0 bridgehead atoms. The summed E-state index contributed by atoms with van der Waals surface area (Å²) in [7, 11) is 0. The number of nitrogens with zero attached hydrogens (tertiary/aromatic N) is 3. The minimum atomic E-state index is -0.560. The van der Waals surface area contributed by atoms with E-state index in [1.165, 1.54) is 6.07 Å².